The summed E-state index contributed by atoms with van der Waals surface area (Å²) in [7, 11) is 0. The Bertz CT molecular complexity index is 2970. The smallest absolute Gasteiger partial charge is 0.162 e. The maximum Gasteiger partial charge on any atom is 0.162 e. The van der Waals surface area contributed by atoms with E-state index in [0.29, 0.717) is 0 Å². The van der Waals surface area contributed by atoms with Crippen LogP contribution < -0.4 is 0 Å². The number of fused-ring (bicyclic) bond motifs is 8. The van der Waals surface area contributed by atoms with Crippen LogP contribution in [0.5, 0.6) is 0 Å². The van der Waals surface area contributed by atoms with E-state index in [2.05, 4.69) is 82.8 Å². The molecule has 313 valence electrons. The molecule has 7 heteroatoms. The Hall–Kier alpha value is -6.40. The molecule has 0 spiro atoms. The van der Waals surface area contributed by atoms with Crippen LogP contribution in [0.3, 0.4) is 0 Å². The molecular formula is C55H48IrN2O4-2. The van der Waals surface area contributed by atoms with Gasteiger partial charge in [-0.1, -0.05) is 122 Å². The Balaban J connectivity index is 0.000000143. The standard InChI is InChI=1S/2C21H12NO.C13H24O2.Ir/c2*1-2-6-15-13-16(10-9-14(15)5-1)20-21-18(11-12-22-20)17-7-3-4-8-19(17)23-21;1-5-10(6-2)12(14)9-13(15)11(7-3)8-4;/h2*1-12H;9-11,14H,5-8H2,1-4H3;/q2*-1;;/b;;12-9-;. The van der Waals surface area contributed by atoms with Crippen molar-refractivity contribution >= 4 is 71.2 Å². The van der Waals surface area contributed by atoms with Gasteiger partial charge in [-0.25, -0.2) is 0 Å². The number of furan rings is 2. The number of hydrogen-bond donors (Lipinski definition) is 1. The molecule has 4 heterocycles. The summed E-state index contributed by atoms with van der Waals surface area (Å²) >= 11 is 0. The predicted molar refractivity (Wildman–Crippen MR) is 250 cm³/mol. The molecule has 4 aromatic heterocycles. The fourth-order valence-corrected chi connectivity index (χ4v) is 7.97. The Kier molecular flexibility index (Phi) is 14.1. The molecule has 0 aliphatic rings. The van der Waals surface area contributed by atoms with Crippen molar-refractivity contribution in [2.45, 2.75) is 53.4 Å². The molecule has 1 radical (unpaired) electrons. The summed E-state index contributed by atoms with van der Waals surface area (Å²) in [6.07, 6.45) is 8.58. The molecule has 6 nitrogen and oxygen atoms in total. The normalized spacial score (nSPS) is 11.5. The number of carbonyl (C=O) groups excluding carboxylic acids is 1. The van der Waals surface area contributed by atoms with Crippen molar-refractivity contribution in [1.29, 1.82) is 0 Å². The van der Waals surface area contributed by atoms with Crippen LogP contribution in [0.25, 0.3) is 87.9 Å². The summed E-state index contributed by atoms with van der Waals surface area (Å²) in [6.45, 7) is 8.07. The monoisotopic (exact) mass is 993 g/mol. The first-order chi connectivity index (χ1) is 29.9. The van der Waals surface area contributed by atoms with Crippen LogP contribution in [0.2, 0.25) is 0 Å². The second-order valence-electron chi connectivity index (χ2n) is 15.2. The molecule has 0 atom stereocenters. The molecule has 10 aromatic rings. The minimum atomic E-state index is 0. The van der Waals surface area contributed by atoms with Gasteiger partial charge in [-0.05, 0) is 49.9 Å². The number of para-hydroxylation sites is 2. The summed E-state index contributed by atoms with van der Waals surface area (Å²) in [4.78, 5) is 20.8. The van der Waals surface area contributed by atoms with Gasteiger partial charge in [0.2, 0.25) is 0 Å². The molecule has 0 unspecified atom stereocenters. The van der Waals surface area contributed by atoms with E-state index in [-0.39, 0.29) is 43.5 Å². The fraction of sp³-hybridized carbons (Fsp3) is 0.182. The van der Waals surface area contributed by atoms with Gasteiger partial charge in [-0.3, -0.25) is 14.8 Å². The van der Waals surface area contributed by atoms with Crippen molar-refractivity contribution in [2.24, 2.45) is 11.8 Å². The summed E-state index contributed by atoms with van der Waals surface area (Å²) in [6, 6.07) is 51.8. The second-order valence-corrected chi connectivity index (χ2v) is 15.2. The van der Waals surface area contributed by atoms with Crippen LogP contribution in [-0.2, 0) is 24.9 Å². The largest absolute Gasteiger partial charge is 0.512 e. The number of nitrogens with zero attached hydrogens (tertiary/aromatic N) is 2. The zero-order valence-corrected chi connectivity index (χ0v) is 37.7. The van der Waals surface area contributed by atoms with Crippen LogP contribution in [0.4, 0.5) is 0 Å². The topological polar surface area (TPSA) is 89.4 Å². The molecule has 0 bridgehead atoms. The molecule has 0 aliphatic heterocycles. The number of allylic oxidation sites excluding steroid dienone is 2. The number of benzene rings is 6. The minimum absolute atomic E-state index is 0. The van der Waals surface area contributed by atoms with Crippen molar-refractivity contribution in [3.63, 3.8) is 0 Å². The van der Waals surface area contributed by atoms with E-state index in [1.807, 2.05) is 113 Å². The number of ketones is 1. The summed E-state index contributed by atoms with van der Waals surface area (Å²) in [5.41, 5.74) is 6.99. The number of rotatable bonds is 9. The first-order valence-corrected chi connectivity index (χ1v) is 21.2. The van der Waals surface area contributed by atoms with Gasteiger partial charge in [0, 0.05) is 83.3 Å². The summed E-state index contributed by atoms with van der Waals surface area (Å²) < 4.78 is 12.1. The third-order valence-corrected chi connectivity index (χ3v) is 11.5. The Morgan fingerprint density at radius 3 is 1.42 bits per heavy atom. The zero-order valence-electron chi connectivity index (χ0n) is 35.3. The van der Waals surface area contributed by atoms with Gasteiger partial charge in [-0.2, -0.15) is 0 Å². The molecule has 0 amide bonds. The SMILES string of the molecule is CCC(CC)C(=O)/C=C(\O)C(CC)CC.[Ir].[c-]1c(-c2nccc3c2oc2ccccc23)ccc2ccccc12.[c-]1c(-c2nccc3c2oc2ccccc23)ccc2ccccc12. The van der Waals surface area contributed by atoms with E-state index in [1.165, 1.54) is 16.8 Å². The zero-order chi connectivity index (χ0) is 42.3. The fourth-order valence-electron chi connectivity index (χ4n) is 7.97. The van der Waals surface area contributed by atoms with E-state index >= 15 is 0 Å². The van der Waals surface area contributed by atoms with E-state index in [0.717, 1.165) is 103 Å². The van der Waals surface area contributed by atoms with Gasteiger partial charge in [0.25, 0.3) is 0 Å². The number of carbonyl (C=O) groups is 1. The average Bonchev–Trinajstić information content (AvgIpc) is 3.89. The molecule has 62 heavy (non-hydrogen) atoms. The molecular weight excluding hydrogens is 945 g/mol. The first-order valence-electron chi connectivity index (χ1n) is 21.2. The van der Waals surface area contributed by atoms with Crippen molar-refractivity contribution in [1.82, 2.24) is 9.97 Å². The maximum absolute atomic E-state index is 11.7. The molecule has 0 saturated heterocycles. The van der Waals surface area contributed by atoms with Gasteiger partial charge >= 0.3 is 0 Å². The molecule has 0 saturated carbocycles. The van der Waals surface area contributed by atoms with Gasteiger partial charge in [0.15, 0.2) is 5.78 Å². The summed E-state index contributed by atoms with van der Waals surface area (Å²) in [5.74, 6) is 0.547. The van der Waals surface area contributed by atoms with Crippen molar-refractivity contribution in [3.8, 4) is 22.5 Å². The molecule has 10 rings (SSSR count). The van der Waals surface area contributed by atoms with E-state index in [9.17, 15) is 9.90 Å². The second kappa shape index (κ2) is 20.0. The van der Waals surface area contributed by atoms with Gasteiger partial charge in [0.1, 0.15) is 22.3 Å². The maximum atomic E-state index is 11.7. The van der Waals surface area contributed by atoms with Gasteiger partial charge in [0.05, 0.1) is 5.76 Å². The molecule has 6 aromatic carbocycles. The minimum Gasteiger partial charge on any atom is -0.512 e. The third-order valence-electron chi connectivity index (χ3n) is 11.5. The quantitative estimate of drug-likeness (QED) is 0.0880. The van der Waals surface area contributed by atoms with Crippen LogP contribution in [0.1, 0.15) is 53.4 Å². The van der Waals surface area contributed by atoms with Crippen LogP contribution in [0, 0.1) is 24.0 Å². The molecule has 1 N–H and O–H groups in total. The predicted octanol–water partition coefficient (Wildman–Crippen LogP) is 15.1. The van der Waals surface area contributed by atoms with E-state index < -0.39 is 0 Å². The van der Waals surface area contributed by atoms with E-state index in [4.69, 9.17) is 8.83 Å². The van der Waals surface area contributed by atoms with Crippen LogP contribution in [-0.4, -0.2) is 20.9 Å². The van der Waals surface area contributed by atoms with Crippen LogP contribution in [0.15, 0.2) is 167 Å². The molecule has 0 aliphatic carbocycles. The van der Waals surface area contributed by atoms with E-state index in [1.54, 1.807) is 0 Å². The number of aliphatic hydroxyl groups excluding tert-OH is 1. The van der Waals surface area contributed by atoms with Crippen molar-refractivity contribution in [2.75, 3.05) is 0 Å². The van der Waals surface area contributed by atoms with Crippen molar-refractivity contribution in [3.05, 3.63) is 170 Å². The Morgan fingerprint density at radius 1 is 0.548 bits per heavy atom. The Morgan fingerprint density at radius 2 is 0.968 bits per heavy atom. The number of pyridine rings is 2. The number of hydrogen-bond acceptors (Lipinski definition) is 6. The van der Waals surface area contributed by atoms with Gasteiger partial charge < -0.3 is 13.9 Å². The van der Waals surface area contributed by atoms with Gasteiger partial charge in [-0.15, -0.1) is 59.3 Å². The average molecular weight is 993 g/mol. The van der Waals surface area contributed by atoms with Crippen LogP contribution >= 0.6 is 0 Å². The number of aromatic nitrogens is 2. The first kappa shape index (κ1) is 43.7. The summed E-state index contributed by atoms with van der Waals surface area (Å²) in [5, 5.41) is 18.7. The van der Waals surface area contributed by atoms with Crippen molar-refractivity contribution < 1.29 is 38.8 Å². The third kappa shape index (κ3) is 9.11. The molecule has 0 fully saturated rings. The number of aliphatic hydroxyl groups is 1. The Labute approximate surface area is 375 Å².